The first-order valence-electron chi connectivity index (χ1n) is 26.7. The van der Waals surface area contributed by atoms with Gasteiger partial charge in [-0.05, 0) is 162 Å². The van der Waals surface area contributed by atoms with E-state index >= 15 is 0 Å². The van der Waals surface area contributed by atoms with E-state index in [4.69, 9.17) is 8.83 Å². The highest BCUT2D eigenvalue weighted by Crippen LogP contribution is 2.63. The van der Waals surface area contributed by atoms with E-state index in [0.29, 0.717) is 0 Å². The molecule has 0 N–H and O–H groups in total. The van der Waals surface area contributed by atoms with Crippen LogP contribution < -0.4 is 0 Å². The quantitative estimate of drug-likeness (QED) is 0.166. The van der Waals surface area contributed by atoms with Gasteiger partial charge in [-0.2, -0.15) is 0 Å². The molecule has 0 fully saturated rings. The van der Waals surface area contributed by atoms with Crippen LogP contribution in [0.2, 0.25) is 0 Å². The molecule has 12 aromatic rings. The van der Waals surface area contributed by atoms with Gasteiger partial charge in [0.1, 0.15) is 22.3 Å². The van der Waals surface area contributed by atoms with Gasteiger partial charge in [0.25, 0.3) is 0 Å². The molecule has 15 rings (SSSR count). The maximum Gasteiger partial charge on any atom is 0.144 e. The summed E-state index contributed by atoms with van der Waals surface area (Å²) < 4.78 is 13.9. The highest BCUT2D eigenvalue weighted by Gasteiger charge is 2.49. The van der Waals surface area contributed by atoms with Gasteiger partial charge in [-0.25, -0.2) is 0 Å². The second-order valence-corrected chi connectivity index (χ2v) is 23.6. The number of aryl methyl sites for hydroxylation is 2. The van der Waals surface area contributed by atoms with E-state index in [1.54, 1.807) is 0 Å². The molecule has 74 heavy (non-hydrogen) atoms. The van der Waals surface area contributed by atoms with Crippen molar-refractivity contribution in [2.45, 2.75) is 90.4 Å². The largest absolute Gasteiger partial charge is 0.455 e. The van der Waals surface area contributed by atoms with Gasteiger partial charge in [0, 0.05) is 48.9 Å². The third-order valence-corrected chi connectivity index (χ3v) is 18.3. The number of fused-ring (bicyclic) bond motifs is 20. The Hall–Kier alpha value is -7.94. The van der Waals surface area contributed by atoms with Gasteiger partial charge in [0.05, 0.1) is 0 Å². The number of hydrogen-bond acceptors (Lipinski definition) is 2. The van der Waals surface area contributed by atoms with Crippen molar-refractivity contribution in [2.24, 2.45) is 0 Å². The molecule has 0 radical (unpaired) electrons. The zero-order chi connectivity index (χ0) is 50.2. The minimum Gasteiger partial charge on any atom is -0.455 e. The molecule has 358 valence electrons. The van der Waals surface area contributed by atoms with Crippen LogP contribution in [0.4, 0.5) is 0 Å². The van der Waals surface area contributed by atoms with Gasteiger partial charge in [0.15, 0.2) is 0 Å². The number of rotatable bonds is 6. The van der Waals surface area contributed by atoms with Crippen LogP contribution >= 0.6 is 0 Å². The Balaban J connectivity index is 0.855. The Labute approximate surface area is 433 Å². The second kappa shape index (κ2) is 15.1. The molecule has 1 unspecified atom stereocenters. The fourth-order valence-electron chi connectivity index (χ4n) is 14.9. The molecule has 0 bridgehead atoms. The molecule has 10 aromatic carbocycles. The maximum atomic E-state index is 6.98. The Morgan fingerprint density at radius 1 is 0.392 bits per heavy atom. The highest BCUT2D eigenvalue weighted by molar-refractivity contribution is 6.21. The predicted molar refractivity (Wildman–Crippen MR) is 309 cm³/mol. The van der Waals surface area contributed by atoms with Gasteiger partial charge in [0.2, 0.25) is 0 Å². The van der Waals surface area contributed by atoms with E-state index in [-0.39, 0.29) is 22.2 Å². The number of benzene rings is 10. The van der Waals surface area contributed by atoms with Crippen LogP contribution in [0, 0.1) is 13.8 Å². The van der Waals surface area contributed by atoms with Gasteiger partial charge in [-0.3, -0.25) is 0 Å². The average molecular weight is 955 g/mol. The molecule has 2 nitrogen and oxygen atoms in total. The summed E-state index contributed by atoms with van der Waals surface area (Å²) in [5, 5.41) is 7.31. The molecule has 2 aromatic heterocycles. The van der Waals surface area contributed by atoms with Crippen molar-refractivity contribution in [3.63, 3.8) is 0 Å². The van der Waals surface area contributed by atoms with Crippen molar-refractivity contribution < 1.29 is 8.83 Å². The summed E-state index contributed by atoms with van der Waals surface area (Å²) in [6.07, 6.45) is 1.86. The molecule has 2 heteroatoms. The first kappa shape index (κ1) is 43.6. The fraction of sp³-hybridized carbons (Fsp3) is 0.194. The van der Waals surface area contributed by atoms with Crippen LogP contribution in [0.5, 0.6) is 0 Å². The van der Waals surface area contributed by atoms with Crippen molar-refractivity contribution >= 4 is 54.6 Å². The molecule has 0 amide bonds. The summed E-state index contributed by atoms with van der Waals surface area (Å²) in [6, 6.07) is 66.0. The van der Waals surface area contributed by atoms with Crippen LogP contribution in [-0.4, -0.2) is 0 Å². The lowest BCUT2D eigenvalue weighted by molar-refractivity contribution is 0.598. The van der Waals surface area contributed by atoms with E-state index < -0.39 is 0 Å². The topological polar surface area (TPSA) is 26.3 Å². The Kier molecular flexibility index (Phi) is 8.89. The summed E-state index contributed by atoms with van der Waals surface area (Å²) in [7, 11) is 0. The second-order valence-electron chi connectivity index (χ2n) is 23.6. The van der Waals surface area contributed by atoms with Crippen molar-refractivity contribution in [1.29, 1.82) is 0 Å². The zero-order valence-corrected chi connectivity index (χ0v) is 43.6. The minimum atomic E-state index is -0.245. The van der Waals surface area contributed by atoms with Crippen LogP contribution in [0.25, 0.3) is 99.2 Å². The Morgan fingerprint density at radius 2 is 0.932 bits per heavy atom. The molecule has 0 spiro atoms. The molecule has 2 heterocycles. The summed E-state index contributed by atoms with van der Waals surface area (Å²) in [5.74, 6) is 0.261. The fourth-order valence-corrected chi connectivity index (χ4v) is 14.9. The van der Waals surface area contributed by atoms with Gasteiger partial charge < -0.3 is 8.83 Å². The SMILES string of the molecule is Cc1cccc(C)c1C(Cc1ccc2c(c1)C(C)(C)c1cc(-c3ccc4ccccc4c3)c3oc4ccccc4c3c1-2)Cc1ccc2c(c1)C(C)(C)c1c3c(c4oc5ccccc5c4c1-2)-c1ccccc1C3(C)C. The zero-order valence-electron chi connectivity index (χ0n) is 43.6. The summed E-state index contributed by atoms with van der Waals surface area (Å²) >= 11 is 0. The van der Waals surface area contributed by atoms with Crippen LogP contribution in [-0.2, 0) is 29.1 Å². The van der Waals surface area contributed by atoms with E-state index in [1.165, 1.54) is 132 Å². The third kappa shape index (κ3) is 5.83. The lowest BCUT2D eigenvalue weighted by Gasteiger charge is -2.31. The van der Waals surface area contributed by atoms with Crippen molar-refractivity contribution in [2.75, 3.05) is 0 Å². The van der Waals surface area contributed by atoms with Gasteiger partial charge in [-0.1, -0.05) is 193 Å². The Morgan fingerprint density at radius 3 is 1.64 bits per heavy atom. The molecule has 3 aliphatic rings. The lowest BCUT2D eigenvalue weighted by Crippen LogP contribution is -2.24. The number of hydrogen-bond donors (Lipinski definition) is 0. The van der Waals surface area contributed by atoms with Gasteiger partial charge in [-0.15, -0.1) is 0 Å². The van der Waals surface area contributed by atoms with E-state index in [1.807, 2.05) is 0 Å². The molecule has 0 aliphatic heterocycles. The van der Waals surface area contributed by atoms with E-state index in [9.17, 15) is 0 Å². The molecule has 0 saturated carbocycles. The molecule has 3 aliphatic carbocycles. The Bertz CT molecular complexity index is 4410. The number of furan rings is 2. The molecular weight excluding hydrogens is 897 g/mol. The van der Waals surface area contributed by atoms with Crippen molar-refractivity contribution in [3.05, 3.63) is 237 Å². The van der Waals surface area contributed by atoms with Crippen molar-refractivity contribution in [1.82, 2.24) is 0 Å². The van der Waals surface area contributed by atoms with Gasteiger partial charge >= 0.3 is 0 Å². The molecule has 1 atom stereocenters. The van der Waals surface area contributed by atoms with Crippen LogP contribution in [0.1, 0.15) is 109 Å². The van der Waals surface area contributed by atoms with E-state index in [2.05, 4.69) is 231 Å². The standard InChI is InChI=1S/C72H58O2/c1-40-18-17-19-41(2)60(40)47(35-43-29-33-50-56(37-43)72(7,8)66-62(50)64-52-24-13-16-27-59(52)74-69(64)65-48-22-11-14-25-54(48)71(5,6)67(65)66)34-42-28-32-49-55(36-42)70(3,4)57-39-53(46-31-30-44-20-9-10-21-45(44)38-46)68-63(61(49)57)51-23-12-15-26-58(51)73-68/h9-33,36-39,47H,34-35H2,1-8H3. The third-order valence-electron chi connectivity index (χ3n) is 18.3. The van der Waals surface area contributed by atoms with Crippen LogP contribution in [0.15, 0.2) is 185 Å². The first-order valence-corrected chi connectivity index (χ1v) is 26.7. The summed E-state index contributed by atoms with van der Waals surface area (Å²) in [4.78, 5) is 0. The summed E-state index contributed by atoms with van der Waals surface area (Å²) in [6.45, 7) is 19.3. The average Bonchev–Trinajstić information content (AvgIpc) is 4.31. The lowest BCUT2D eigenvalue weighted by atomic mass is 9.72. The van der Waals surface area contributed by atoms with Crippen molar-refractivity contribution in [3.8, 4) is 44.5 Å². The smallest absolute Gasteiger partial charge is 0.144 e. The molecular formula is C72H58O2. The van der Waals surface area contributed by atoms with Crippen LogP contribution in [0.3, 0.4) is 0 Å². The minimum absolute atomic E-state index is 0.192. The monoisotopic (exact) mass is 954 g/mol. The molecule has 0 saturated heterocycles. The predicted octanol–water partition coefficient (Wildman–Crippen LogP) is 19.4. The maximum absolute atomic E-state index is 6.98. The van der Waals surface area contributed by atoms with E-state index in [0.717, 1.165) is 40.7 Å². The summed E-state index contributed by atoms with van der Waals surface area (Å²) in [5.41, 5.74) is 28.8. The number of para-hydroxylation sites is 2. The normalized spacial score (nSPS) is 15.7. The first-order chi connectivity index (χ1) is 35.8. The highest BCUT2D eigenvalue weighted by atomic mass is 16.3.